The van der Waals surface area contributed by atoms with E-state index >= 15 is 0 Å². The lowest BCUT2D eigenvalue weighted by molar-refractivity contribution is 0.207. The molecule has 0 aromatic rings. The minimum atomic E-state index is -3.82. The molecule has 0 radical (unpaired) electrons. The largest absolute Gasteiger partial charge is 0.399 e. The zero-order chi connectivity index (χ0) is 23.6. The van der Waals surface area contributed by atoms with Gasteiger partial charge in [-0.1, -0.05) is 119 Å². The molecule has 0 amide bonds. The number of hydrogen-bond donors (Lipinski definition) is 0. The van der Waals surface area contributed by atoms with E-state index in [0.29, 0.717) is 10.8 Å². The summed E-state index contributed by atoms with van der Waals surface area (Å²) in [6.45, 7) is 14.2. The Morgan fingerprint density at radius 3 is 1.00 bits per heavy atom. The molecule has 0 aromatic carbocycles. The third-order valence-corrected chi connectivity index (χ3v) is 6.51. The second kappa shape index (κ2) is 17.4. The van der Waals surface area contributed by atoms with Crippen LogP contribution in [0.15, 0.2) is 0 Å². The lowest BCUT2D eigenvalue weighted by Crippen LogP contribution is -2.12. The molecular formula is C26H54O4S. The summed E-state index contributed by atoms with van der Waals surface area (Å²) in [5, 5.41) is 0. The maximum atomic E-state index is 11.8. The summed E-state index contributed by atoms with van der Waals surface area (Å²) < 4.78 is 33.4. The average Bonchev–Trinajstić information content (AvgIpc) is 2.63. The molecule has 0 spiro atoms. The van der Waals surface area contributed by atoms with Crippen LogP contribution in [0.2, 0.25) is 0 Å². The number of hydrogen-bond acceptors (Lipinski definition) is 4. The van der Waals surface area contributed by atoms with E-state index in [9.17, 15) is 8.42 Å². The highest BCUT2D eigenvalue weighted by atomic mass is 32.3. The Labute approximate surface area is 195 Å². The zero-order valence-electron chi connectivity index (χ0n) is 21.8. The van der Waals surface area contributed by atoms with Gasteiger partial charge in [0.15, 0.2) is 0 Å². The van der Waals surface area contributed by atoms with Crippen LogP contribution >= 0.6 is 0 Å². The van der Waals surface area contributed by atoms with Crippen LogP contribution < -0.4 is 0 Å². The van der Waals surface area contributed by atoms with E-state index in [1.54, 1.807) is 0 Å². The van der Waals surface area contributed by atoms with Crippen molar-refractivity contribution in [3.05, 3.63) is 0 Å². The molecule has 0 aliphatic heterocycles. The molecule has 0 heterocycles. The quantitative estimate of drug-likeness (QED) is 0.170. The molecule has 0 aliphatic rings. The van der Waals surface area contributed by atoms with Gasteiger partial charge in [0.25, 0.3) is 0 Å². The Morgan fingerprint density at radius 2 is 0.710 bits per heavy atom. The van der Waals surface area contributed by atoms with Crippen molar-refractivity contribution in [2.75, 3.05) is 13.2 Å². The van der Waals surface area contributed by atoms with E-state index in [-0.39, 0.29) is 13.2 Å². The van der Waals surface area contributed by atoms with E-state index in [1.165, 1.54) is 64.2 Å². The summed E-state index contributed by atoms with van der Waals surface area (Å²) in [5.74, 6) is 0. The smallest absolute Gasteiger partial charge is 0.248 e. The molecular weight excluding hydrogens is 408 g/mol. The first-order chi connectivity index (χ1) is 14.4. The van der Waals surface area contributed by atoms with E-state index in [1.807, 2.05) is 0 Å². The normalized spacial score (nSPS) is 13.1. The Hall–Kier alpha value is -0.130. The SMILES string of the molecule is CC(C)(C)CCCCCCCCCOS(=O)(=O)OCCCCCCCCCC(C)(C)C. The molecule has 0 N–H and O–H groups in total. The second-order valence-electron chi connectivity index (χ2n) is 11.6. The van der Waals surface area contributed by atoms with Crippen molar-refractivity contribution in [3.8, 4) is 0 Å². The van der Waals surface area contributed by atoms with E-state index in [4.69, 9.17) is 8.37 Å². The summed E-state index contributed by atoms with van der Waals surface area (Å²) in [5.41, 5.74) is 0.882. The van der Waals surface area contributed by atoms with Gasteiger partial charge in [-0.15, -0.1) is 0 Å². The fraction of sp³-hybridized carbons (Fsp3) is 1.00. The molecule has 0 aliphatic carbocycles. The fourth-order valence-corrected chi connectivity index (χ4v) is 4.35. The van der Waals surface area contributed by atoms with Crippen LogP contribution in [0.1, 0.15) is 144 Å². The van der Waals surface area contributed by atoms with Crippen molar-refractivity contribution in [3.63, 3.8) is 0 Å². The van der Waals surface area contributed by atoms with Crippen LogP contribution in [0.4, 0.5) is 0 Å². The van der Waals surface area contributed by atoms with Crippen LogP contribution in [0.5, 0.6) is 0 Å². The molecule has 0 fully saturated rings. The minimum Gasteiger partial charge on any atom is -0.248 e. The monoisotopic (exact) mass is 462 g/mol. The molecule has 5 heteroatoms. The van der Waals surface area contributed by atoms with Gasteiger partial charge < -0.3 is 0 Å². The summed E-state index contributed by atoms with van der Waals surface area (Å²) in [6.07, 6.45) is 18.7. The highest BCUT2D eigenvalue weighted by Gasteiger charge is 2.12. The molecule has 0 saturated carbocycles. The van der Waals surface area contributed by atoms with Crippen molar-refractivity contribution in [2.45, 2.75) is 144 Å². The topological polar surface area (TPSA) is 52.6 Å². The molecule has 0 rings (SSSR count). The first-order valence-electron chi connectivity index (χ1n) is 13.0. The van der Waals surface area contributed by atoms with Gasteiger partial charge in [0.05, 0.1) is 13.2 Å². The average molecular weight is 463 g/mol. The Bertz CT molecular complexity index is 460. The Morgan fingerprint density at radius 1 is 0.452 bits per heavy atom. The lowest BCUT2D eigenvalue weighted by atomic mass is 9.89. The van der Waals surface area contributed by atoms with Crippen molar-refractivity contribution in [1.29, 1.82) is 0 Å². The first-order valence-corrected chi connectivity index (χ1v) is 14.3. The number of unbranched alkanes of at least 4 members (excludes halogenated alkanes) is 12. The van der Waals surface area contributed by atoms with Gasteiger partial charge in [-0.25, -0.2) is 8.37 Å². The van der Waals surface area contributed by atoms with Gasteiger partial charge in [0.1, 0.15) is 0 Å². The van der Waals surface area contributed by atoms with E-state index in [2.05, 4.69) is 41.5 Å². The van der Waals surface area contributed by atoms with E-state index in [0.717, 1.165) is 38.5 Å². The van der Waals surface area contributed by atoms with Gasteiger partial charge in [-0.3, -0.25) is 0 Å². The highest BCUT2D eigenvalue weighted by molar-refractivity contribution is 7.81. The molecule has 0 saturated heterocycles. The maximum Gasteiger partial charge on any atom is 0.399 e. The number of rotatable bonds is 20. The second-order valence-corrected chi connectivity index (χ2v) is 12.9. The van der Waals surface area contributed by atoms with Crippen LogP contribution in [-0.4, -0.2) is 21.6 Å². The molecule has 4 nitrogen and oxygen atoms in total. The van der Waals surface area contributed by atoms with Crippen molar-refractivity contribution >= 4 is 10.4 Å². The molecule has 0 atom stereocenters. The summed E-state index contributed by atoms with van der Waals surface area (Å²) in [4.78, 5) is 0. The lowest BCUT2D eigenvalue weighted by Gasteiger charge is -2.17. The van der Waals surface area contributed by atoms with Gasteiger partial charge >= 0.3 is 10.4 Å². The summed E-state index contributed by atoms with van der Waals surface area (Å²) >= 11 is 0. The molecule has 0 bridgehead atoms. The van der Waals surface area contributed by atoms with Crippen LogP contribution in [-0.2, 0) is 18.8 Å². The maximum absolute atomic E-state index is 11.8. The minimum absolute atomic E-state index is 0.237. The molecule has 0 aromatic heterocycles. The third kappa shape index (κ3) is 26.0. The van der Waals surface area contributed by atoms with Crippen molar-refractivity contribution in [1.82, 2.24) is 0 Å². The standard InChI is InChI=1S/C26H54O4S/c1-25(2,3)21-17-13-9-7-11-15-19-23-29-31(27,28)30-24-20-16-12-8-10-14-18-22-26(4,5)6/h7-24H2,1-6H3. The summed E-state index contributed by atoms with van der Waals surface area (Å²) in [7, 11) is -3.82. The third-order valence-electron chi connectivity index (χ3n) is 5.60. The highest BCUT2D eigenvalue weighted by Crippen LogP contribution is 2.23. The fourth-order valence-electron chi connectivity index (χ4n) is 3.64. The van der Waals surface area contributed by atoms with Crippen LogP contribution in [0, 0.1) is 10.8 Å². The van der Waals surface area contributed by atoms with Gasteiger partial charge in [-0.05, 0) is 36.5 Å². The van der Waals surface area contributed by atoms with Crippen molar-refractivity contribution in [2.24, 2.45) is 10.8 Å². The predicted molar refractivity (Wildman–Crippen MR) is 134 cm³/mol. The van der Waals surface area contributed by atoms with Crippen LogP contribution in [0.25, 0.3) is 0 Å². The molecule has 188 valence electrons. The van der Waals surface area contributed by atoms with Crippen LogP contribution in [0.3, 0.4) is 0 Å². The van der Waals surface area contributed by atoms with E-state index < -0.39 is 10.4 Å². The molecule has 0 unspecified atom stereocenters. The Kier molecular flexibility index (Phi) is 17.3. The zero-order valence-corrected chi connectivity index (χ0v) is 22.6. The summed E-state index contributed by atoms with van der Waals surface area (Å²) in [6, 6.07) is 0. The first kappa shape index (κ1) is 30.9. The predicted octanol–water partition coefficient (Wildman–Crippen LogP) is 8.60. The van der Waals surface area contributed by atoms with Crippen molar-refractivity contribution < 1.29 is 16.8 Å². The van der Waals surface area contributed by atoms with Gasteiger partial charge in [-0.2, -0.15) is 8.42 Å². The van der Waals surface area contributed by atoms with Gasteiger partial charge in [0.2, 0.25) is 0 Å². The molecule has 31 heavy (non-hydrogen) atoms. The van der Waals surface area contributed by atoms with Gasteiger partial charge in [0, 0.05) is 0 Å². The Balaban J connectivity index is 3.42.